The van der Waals surface area contributed by atoms with Gasteiger partial charge in [0.2, 0.25) is 14.3 Å². The number of para-hydroxylation sites is 1. The average molecular weight is 585 g/mol. The van der Waals surface area contributed by atoms with Crippen LogP contribution in [0.25, 0.3) is 0 Å². The van der Waals surface area contributed by atoms with Crippen molar-refractivity contribution in [3.63, 3.8) is 0 Å². The summed E-state index contributed by atoms with van der Waals surface area (Å²) in [7, 11) is 6.04. The molecule has 2 N–H and O–H groups in total. The van der Waals surface area contributed by atoms with Crippen LogP contribution in [0.2, 0.25) is 5.02 Å². The molecule has 1 aliphatic heterocycles. The molecule has 9 nitrogen and oxygen atoms in total. The van der Waals surface area contributed by atoms with Crippen molar-refractivity contribution in [3.05, 3.63) is 53.7 Å². The number of hydrogen-bond donors (Lipinski definition) is 2. The summed E-state index contributed by atoms with van der Waals surface area (Å²) in [4.78, 5) is 14.1. The van der Waals surface area contributed by atoms with Gasteiger partial charge in [-0.25, -0.2) is 4.98 Å². The van der Waals surface area contributed by atoms with Gasteiger partial charge in [-0.15, -0.1) is 0 Å². The van der Waals surface area contributed by atoms with Crippen LogP contribution in [0, 0.1) is 0 Å². The predicted octanol–water partition coefficient (Wildman–Crippen LogP) is 6.31. The van der Waals surface area contributed by atoms with Gasteiger partial charge in [0.25, 0.3) is 0 Å². The summed E-state index contributed by atoms with van der Waals surface area (Å²) in [6, 6.07) is 15.4. The summed E-state index contributed by atoms with van der Waals surface area (Å²) >= 11 is 6.46. The van der Waals surface area contributed by atoms with Crippen LogP contribution in [0.15, 0.2) is 48.7 Å². The number of nitrogens with one attached hydrogen (secondary N) is 2. The van der Waals surface area contributed by atoms with Gasteiger partial charge in [0.05, 0.1) is 30.0 Å². The molecule has 0 radical (unpaired) electrons. The minimum Gasteiger partial charge on any atom is -0.495 e. The van der Waals surface area contributed by atoms with Crippen molar-refractivity contribution < 1.29 is 13.8 Å². The Bertz CT molecular complexity index is 1280. The third-order valence-corrected chi connectivity index (χ3v) is 9.62. The van der Waals surface area contributed by atoms with Crippen LogP contribution in [0.4, 0.5) is 28.8 Å². The predicted molar refractivity (Wildman–Crippen MR) is 164 cm³/mol. The van der Waals surface area contributed by atoms with Crippen molar-refractivity contribution in [2.24, 2.45) is 0 Å². The van der Waals surface area contributed by atoms with Crippen molar-refractivity contribution in [1.29, 1.82) is 0 Å². The summed E-state index contributed by atoms with van der Waals surface area (Å²) in [5.74, 6) is 1.72. The Balaban J connectivity index is 1.27. The molecule has 40 heavy (non-hydrogen) atoms. The van der Waals surface area contributed by atoms with E-state index in [1.165, 1.54) is 32.1 Å². The van der Waals surface area contributed by atoms with Crippen molar-refractivity contribution in [2.45, 2.75) is 44.2 Å². The van der Waals surface area contributed by atoms with E-state index in [9.17, 15) is 0 Å². The molecule has 0 unspecified atom stereocenters. The van der Waals surface area contributed by atoms with Crippen LogP contribution >= 0.6 is 20.0 Å². The summed E-state index contributed by atoms with van der Waals surface area (Å²) in [6.07, 6.45) is 8.00. The first-order valence-corrected chi connectivity index (χ1v) is 15.2. The van der Waals surface area contributed by atoms with Crippen molar-refractivity contribution in [2.75, 3.05) is 57.0 Å². The second kappa shape index (κ2) is 13.3. The van der Waals surface area contributed by atoms with Gasteiger partial charge in [0.1, 0.15) is 10.8 Å². The maximum atomic E-state index is 6.46. The number of anilines is 5. The van der Waals surface area contributed by atoms with Gasteiger partial charge in [-0.05, 0) is 57.0 Å². The molecule has 0 bridgehead atoms. The monoisotopic (exact) mass is 584 g/mol. The Morgan fingerprint density at radius 2 is 1.70 bits per heavy atom. The summed E-state index contributed by atoms with van der Waals surface area (Å²) in [6.45, 7) is 2.05. The number of piperidine rings is 1. The molecule has 1 saturated heterocycles. The van der Waals surface area contributed by atoms with E-state index in [4.69, 9.17) is 25.4 Å². The molecule has 0 spiro atoms. The minimum absolute atomic E-state index is 0.402. The van der Waals surface area contributed by atoms with Crippen LogP contribution < -0.4 is 25.6 Å². The van der Waals surface area contributed by atoms with Crippen LogP contribution in [-0.2, 0) is 9.05 Å². The lowest BCUT2D eigenvalue weighted by molar-refractivity contribution is 0.0953. The first kappa shape index (κ1) is 28.8. The number of nitrogens with zero attached hydrogens (tertiary/aromatic N) is 4. The van der Waals surface area contributed by atoms with E-state index in [2.05, 4.69) is 43.5 Å². The lowest BCUT2D eigenvalue weighted by Gasteiger charge is -2.44. The largest absolute Gasteiger partial charge is 0.495 e. The number of aromatic nitrogens is 2. The lowest BCUT2D eigenvalue weighted by atomic mass is 9.89. The molecule has 3 aromatic rings. The highest BCUT2D eigenvalue weighted by Crippen LogP contribution is 2.39. The number of methoxy groups -OCH3 is 1. The van der Waals surface area contributed by atoms with Crippen molar-refractivity contribution in [1.82, 2.24) is 14.9 Å². The molecule has 2 heterocycles. The zero-order valence-electron chi connectivity index (χ0n) is 23.6. The van der Waals surface area contributed by atoms with E-state index < -0.39 is 8.38 Å². The average Bonchev–Trinajstić information content (AvgIpc) is 2.95. The lowest BCUT2D eigenvalue weighted by Crippen LogP contribution is -2.49. The Morgan fingerprint density at radius 3 is 2.38 bits per heavy atom. The smallest absolute Gasteiger partial charge is 0.229 e. The highest BCUT2D eigenvalue weighted by atomic mass is 35.5. The second-order valence-corrected chi connectivity index (χ2v) is 12.3. The van der Waals surface area contributed by atoms with E-state index in [1.807, 2.05) is 36.4 Å². The minimum atomic E-state index is -1.23. The van der Waals surface area contributed by atoms with E-state index in [0.717, 1.165) is 47.2 Å². The van der Waals surface area contributed by atoms with Gasteiger partial charge in [-0.2, -0.15) is 4.98 Å². The fraction of sp³-hybridized carbons (Fsp3) is 0.448. The molecule has 2 fully saturated rings. The Kier molecular flexibility index (Phi) is 9.60. The van der Waals surface area contributed by atoms with Crippen LogP contribution in [-0.4, -0.2) is 68.4 Å². The maximum absolute atomic E-state index is 6.46. The van der Waals surface area contributed by atoms with Gasteiger partial charge >= 0.3 is 0 Å². The molecular formula is C29H38ClN6O3P. The zero-order chi connectivity index (χ0) is 28.1. The molecular weight excluding hydrogens is 547 g/mol. The molecule has 0 atom stereocenters. The third kappa shape index (κ3) is 6.45. The normalized spacial score (nSPS) is 16.3. The fourth-order valence-electron chi connectivity index (χ4n) is 5.40. The molecule has 214 valence electrons. The molecule has 1 aromatic heterocycles. The van der Waals surface area contributed by atoms with E-state index in [1.54, 1.807) is 27.5 Å². The molecule has 2 aliphatic rings. The fourth-order valence-corrected chi connectivity index (χ4v) is 6.62. The second-order valence-electron chi connectivity index (χ2n) is 10.1. The summed E-state index contributed by atoms with van der Waals surface area (Å²) in [5, 5.41) is 7.91. The highest BCUT2D eigenvalue weighted by molar-refractivity contribution is 7.56. The topological polar surface area (TPSA) is 84.0 Å². The van der Waals surface area contributed by atoms with Gasteiger partial charge in [0.15, 0.2) is 5.82 Å². The van der Waals surface area contributed by atoms with Crippen LogP contribution in [0.1, 0.15) is 32.1 Å². The number of rotatable bonds is 11. The number of ether oxygens (including phenoxy) is 1. The Morgan fingerprint density at radius 1 is 0.975 bits per heavy atom. The molecule has 1 saturated carbocycles. The van der Waals surface area contributed by atoms with Crippen molar-refractivity contribution in [3.8, 4) is 5.75 Å². The first-order chi connectivity index (χ1) is 19.5. The van der Waals surface area contributed by atoms with Gasteiger partial charge in [-0.1, -0.05) is 30.2 Å². The van der Waals surface area contributed by atoms with Gasteiger partial charge in [-0.3, -0.25) is 0 Å². The summed E-state index contributed by atoms with van der Waals surface area (Å²) in [5.41, 5.74) is 2.75. The highest BCUT2D eigenvalue weighted by Gasteiger charge is 2.30. The number of halogens is 1. The third-order valence-electron chi connectivity index (χ3n) is 7.90. The zero-order valence-corrected chi connectivity index (χ0v) is 25.2. The molecule has 2 aromatic carbocycles. The number of benzene rings is 2. The van der Waals surface area contributed by atoms with Crippen LogP contribution in [0.5, 0.6) is 5.75 Å². The van der Waals surface area contributed by atoms with E-state index >= 15 is 0 Å². The standard InChI is InChI=1S/C29H38ClN6O3P/c1-35(21-8-7-9-21)22-14-16-36(17-15-22)25-13-12-20(18-26(25)37-2)32-29-31-19-23(30)28(34-29)33-24-10-5-6-11-27(24)40(38-3)39-4/h5-6,10-13,18-19,21-22H,7-9,14-17H2,1-4H3,(H2,31,32,33,34). The molecule has 5 rings (SSSR count). The first-order valence-electron chi connectivity index (χ1n) is 13.7. The molecule has 1 aliphatic carbocycles. The van der Waals surface area contributed by atoms with Gasteiger partial charge in [0, 0.05) is 51.1 Å². The molecule has 11 heteroatoms. The van der Waals surface area contributed by atoms with E-state index in [-0.39, 0.29) is 0 Å². The van der Waals surface area contributed by atoms with Crippen LogP contribution in [0.3, 0.4) is 0 Å². The summed E-state index contributed by atoms with van der Waals surface area (Å²) < 4.78 is 16.8. The van der Waals surface area contributed by atoms with E-state index in [0.29, 0.717) is 22.8 Å². The number of hydrogen-bond acceptors (Lipinski definition) is 9. The quantitative estimate of drug-likeness (QED) is 0.252. The molecule has 0 amide bonds. The van der Waals surface area contributed by atoms with Gasteiger partial charge < -0.3 is 34.2 Å². The Hall–Kier alpha value is -2.68. The van der Waals surface area contributed by atoms with Crippen molar-refractivity contribution >= 4 is 54.1 Å². The Labute approximate surface area is 243 Å². The maximum Gasteiger partial charge on any atom is 0.229 e. The SMILES string of the molecule is COc1cc(Nc2ncc(Cl)c(Nc3ccccc3P(OC)OC)n2)ccc1N1CCC(N(C)C2CCC2)CC1.